The number of aromatic nitrogens is 2. The number of hydrogen-bond donors (Lipinski definition) is 0. The van der Waals surface area contributed by atoms with E-state index in [1.165, 1.54) is 10.9 Å². The average Bonchev–Trinajstić information content (AvgIpc) is 2.75. The molecule has 0 saturated heterocycles. The van der Waals surface area contributed by atoms with E-state index in [4.69, 9.17) is 21.1 Å². The summed E-state index contributed by atoms with van der Waals surface area (Å²) >= 11 is 13.2. The van der Waals surface area contributed by atoms with Crippen molar-refractivity contribution in [2.45, 2.75) is 39.7 Å². The summed E-state index contributed by atoms with van der Waals surface area (Å²) in [5.74, 6) is 0.339. The quantitative estimate of drug-likeness (QED) is 0.249. The highest BCUT2D eigenvalue weighted by Crippen LogP contribution is 2.35. The third-order valence-electron chi connectivity index (χ3n) is 4.61. The second-order valence-corrected chi connectivity index (χ2v) is 9.65. The summed E-state index contributed by atoms with van der Waals surface area (Å²) in [5, 5.41) is 5.15. The number of carbonyl (C=O) groups excluding carboxylic acids is 1. The zero-order valence-electron chi connectivity index (χ0n) is 18.4. The van der Waals surface area contributed by atoms with Crippen LogP contribution < -0.4 is 10.3 Å². The molecule has 0 fully saturated rings. The Bertz CT molecular complexity index is 1270. The highest BCUT2D eigenvalue weighted by atomic mass is 79.9. The molecule has 0 aliphatic rings. The molecule has 1 aromatic heterocycles. The molecular formula is C23H22Br2ClN3O4. The first-order valence-corrected chi connectivity index (χ1v) is 12.2. The number of hydrogen-bond acceptors (Lipinski definition) is 6. The Kier molecular flexibility index (Phi) is 8.31. The number of nitrogens with zero attached hydrogens (tertiary/aromatic N) is 3. The zero-order valence-corrected chi connectivity index (χ0v) is 22.4. The second-order valence-electron chi connectivity index (χ2n) is 7.47. The molecule has 3 aromatic rings. The third-order valence-corrected chi connectivity index (χ3v) is 5.97. The maximum absolute atomic E-state index is 13.1. The molecule has 0 radical (unpaired) electrons. The lowest BCUT2D eigenvalue weighted by Gasteiger charge is -2.16. The van der Waals surface area contributed by atoms with Crippen molar-refractivity contribution in [3.63, 3.8) is 0 Å². The van der Waals surface area contributed by atoms with Crippen LogP contribution in [0, 0.1) is 0 Å². The van der Waals surface area contributed by atoms with Crippen molar-refractivity contribution in [3.8, 4) is 5.75 Å². The number of rotatable bonds is 7. The molecule has 0 aliphatic heterocycles. The van der Waals surface area contributed by atoms with Gasteiger partial charge in [-0.1, -0.05) is 41.4 Å². The molecule has 0 aliphatic carbocycles. The molecule has 7 nitrogen and oxygen atoms in total. The monoisotopic (exact) mass is 597 g/mol. The number of esters is 1. The molecule has 174 valence electrons. The van der Waals surface area contributed by atoms with Crippen LogP contribution in [0.3, 0.4) is 0 Å². The molecule has 0 spiro atoms. The van der Waals surface area contributed by atoms with E-state index in [9.17, 15) is 9.59 Å². The molecule has 2 aromatic carbocycles. The molecule has 3 rings (SSSR count). The Morgan fingerprint density at radius 1 is 1.24 bits per heavy atom. The summed E-state index contributed by atoms with van der Waals surface area (Å²) < 4.78 is 13.2. The summed E-state index contributed by atoms with van der Waals surface area (Å²) in [4.78, 5) is 29.6. The Morgan fingerprint density at radius 2 is 1.97 bits per heavy atom. The van der Waals surface area contributed by atoms with Crippen LogP contribution in [0.4, 0.5) is 0 Å². The van der Waals surface area contributed by atoms with Gasteiger partial charge in [0.1, 0.15) is 5.82 Å². The summed E-state index contributed by atoms with van der Waals surface area (Å²) in [7, 11) is 0. The highest BCUT2D eigenvalue weighted by Gasteiger charge is 2.19. The molecule has 0 bridgehead atoms. The smallest absolute Gasteiger partial charge is 0.347 e. The van der Waals surface area contributed by atoms with Gasteiger partial charge in [0.15, 0.2) is 11.9 Å². The van der Waals surface area contributed by atoms with E-state index >= 15 is 0 Å². The molecule has 0 unspecified atom stereocenters. The van der Waals surface area contributed by atoms with Crippen LogP contribution in [0.1, 0.15) is 45.0 Å². The molecule has 1 atom stereocenters. The number of fused-ring (bicyclic) bond motifs is 1. The van der Waals surface area contributed by atoms with E-state index in [2.05, 4.69) is 41.9 Å². The maximum Gasteiger partial charge on any atom is 0.347 e. The van der Waals surface area contributed by atoms with Crippen LogP contribution in [0.15, 0.2) is 49.2 Å². The van der Waals surface area contributed by atoms with E-state index in [1.54, 1.807) is 38.1 Å². The lowest BCUT2D eigenvalue weighted by atomic mass is 10.2. The van der Waals surface area contributed by atoms with Crippen molar-refractivity contribution < 1.29 is 14.3 Å². The molecule has 0 saturated carbocycles. The minimum Gasteiger partial charge on any atom is -0.476 e. The first kappa shape index (κ1) is 25.4. The van der Waals surface area contributed by atoms with E-state index < -0.39 is 12.1 Å². The fraction of sp³-hybridized carbons (Fsp3) is 0.304. The van der Waals surface area contributed by atoms with E-state index in [0.717, 1.165) is 4.47 Å². The van der Waals surface area contributed by atoms with Crippen LogP contribution in [-0.4, -0.2) is 34.6 Å². The second kappa shape index (κ2) is 10.8. The lowest BCUT2D eigenvalue weighted by molar-refractivity contribution is -0.150. The van der Waals surface area contributed by atoms with Gasteiger partial charge in [0.25, 0.3) is 5.56 Å². The zero-order chi connectivity index (χ0) is 24.3. The van der Waals surface area contributed by atoms with Gasteiger partial charge in [-0.2, -0.15) is 9.78 Å². The fourth-order valence-electron chi connectivity index (χ4n) is 3.03. The van der Waals surface area contributed by atoms with E-state index in [0.29, 0.717) is 32.5 Å². The lowest BCUT2D eigenvalue weighted by Crippen LogP contribution is -2.26. The van der Waals surface area contributed by atoms with E-state index in [1.807, 2.05) is 19.9 Å². The Hall–Kier alpha value is -2.23. The topological polar surface area (TPSA) is 82.8 Å². The van der Waals surface area contributed by atoms with Gasteiger partial charge in [0, 0.05) is 10.4 Å². The van der Waals surface area contributed by atoms with Crippen LogP contribution in [0.25, 0.3) is 10.9 Å². The number of benzene rings is 2. The standard InChI is InChI=1S/C23H22Br2ClN3O4/c1-5-32-23(31)13(4)33-20-17(25)8-14(9-18(20)26)11-27-29-21(12(2)3)28-19-7-6-15(24)10-16(19)22(29)30/h6-13H,5H2,1-4H3/t13-/m1/s1. The highest BCUT2D eigenvalue weighted by molar-refractivity contribution is 9.10. The van der Waals surface area contributed by atoms with Gasteiger partial charge in [-0.15, -0.1) is 0 Å². The molecule has 10 heteroatoms. The molecule has 1 heterocycles. The van der Waals surface area contributed by atoms with Crippen molar-refractivity contribution in [1.29, 1.82) is 0 Å². The normalized spacial score (nSPS) is 12.5. The summed E-state index contributed by atoms with van der Waals surface area (Å²) in [6, 6.07) is 8.74. The summed E-state index contributed by atoms with van der Waals surface area (Å²) in [6.07, 6.45) is 0.696. The third kappa shape index (κ3) is 5.83. The van der Waals surface area contributed by atoms with Gasteiger partial charge in [0.2, 0.25) is 0 Å². The Labute approximate surface area is 213 Å². The predicted octanol–water partition coefficient (Wildman–Crippen LogP) is 5.91. The van der Waals surface area contributed by atoms with Gasteiger partial charge in [0.05, 0.1) is 33.2 Å². The van der Waals surface area contributed by atoms with Crippen LogP contribution in [-0.2, 0) is 9.53 Å². The maximum atomic E-state index is 13.1. The van der Waals surface area contributed by atoms with Gasteiger partial charge in [-0.05, 0) is 65.7 Å². The van der Waals surface area contributed by atoms with Gasteiger partial charge in [-0.25, -0.2) is 9.78 Å². The average molecular weight is 600 g/mol. The van der Waals surface area contributed by atoms with Crippen molar-refractivity contribution in [2.75, 3.05) is 6.61 Å². The van der Waals surface area contributed by atoms with Gasteiger partial charge < -0.3 is 9.47 Å². The van der Waals surface area contributed by atoms with E-state index in [-0.39, 0.29) is 23.1 Å². The largest absolute Gasteiger partial charge is 0.476 e. The van der Waals surface area contributed by atoms with Crippen LogP contribution >= 0.6 is 43.5 Å². The molecular weight excluding hydrogens is 578 g/mol. The summed E-state index contributed by atoms with van der Waals surface area (Å²) in [6.45, 7) is 7.46. The number of carbonyl (C=O) groups is 1. The van der Waals surface area contributed by atoms with Crippen LogP contribution in [0.5, 0.6) is 5.75 Å². The predicted molar refractivity (Wildman–Crippen MR) is 137 cm³/mol. The number of halogens is 3. The minimum atomic E-state index is -0.826. The van der Waals surface area contributed by atoms with Crippen molar-refractivity contribution >= 4 is 66.5 Å². The van der Waals surface area contributed by atoms with Gasteiger partial charge in [-0.3, -0.25) is 4.79 Å². The first-order valence-electron chi connectivity index (χ1n) is 10.2. The van der Waals surface area contributed by atoms with Crippen molar-refractivity contribution in [3.05, 3.63) is 66.0 Å². The Balaban J connectivity index is 1.98. The minimum absolute atomic E-state index is 0.0293. The SMILES string of the molecule is CCOC(=O)[C@@H](C)Oc1c(Cl)cc(C=Nn2c(C(C)C)nc3ccc(Br)cc3c2=O)cc1Br. The van der Waals surface area contributed by atoms with Gasteiger partial charge >= 0.3 is 5.97 Å². The van der Waals surface area contributed by atoms with Crippen molar-refractivity contribution in [1.82, 2.24) is 9.66 Å². The summed E-state index contributed by atoms with van der Waals surface area (Å²) in [5.41, 5.74) is 0.968. The number of ether oxygens (including phenoxy) is 2. The molecule has 0 amide bonds. The first-order chi connectivity index (χ1) is 15.6. The van der Waals surface area contributed by atoms with Crippen molar-refractivity contribution in [2.24, 2.45) is 5.10 Å². The molecule has 33 heavy (non-hydrogen) atoms. The fourth-order valence-corrected chi connectivity index (χ4v) is 4.35. The molecule has 0 N–H and O–H groups in total. The Morgan fingerprint density at radius 3 is 2.61 bits per heavy atom. The van der Waals surface area contributed by atoms with Crippen LogP contribution in [0.2, 0.25) is 5.02 Å².